The zero-order chi connectivity index (χ0) is 23.8. The van der Waals surface area contributed by atoms with E-state index in [-0.39, 0.29) is 17.7 Å². The van der Waals surface area contributed by atoms with Gasteiger partial charge in [-0.1, -0.05) is 57.6 Å². The molecule has 0 saturated heterocycles. The average molecular weight is 452 g/mol. The summed E-state index contributed by atoms with van der Waals surface area (Å²) in [6.45, 7) is 4.61. The third kappa shape index (κ3) is 5.96. The zero-order valence-corrected chi connectivity index (χ0v) is 18.7. The van der Waals surface area contributed by atoms with Gasteiger partial charge in [-0.25, -0.2) is 17.6 Å². The molecule has 3 nitrogen and oxygen atoms in total. The molecule has 32 heavy (non-hydrogen) atoms. The Labute approximate surface area is 186 Å². The molecular weight excluding hydrogens is 422 g/mol. The van der Waals surface area contributed by atoms with E-state index in [0.29, 0.717) is 17.7 Å². The summed E-state index contributed by atoms with van der Waals surface area (Å²) in [5, 5.41) is 0. The maximum atomic E-state index is 14.6. The third-order valence-electron chi connectivity index (χ3n) is 5.47. The number of aryl methyl sites for hydroxylation is 2. The van der Waals surface area contributed by atoms with E-state index in [0.717, 1.165) is 44.2 Å². The molecule has 0 N–H and O–H groups in total. The Morgan fingerprint density at radius 1 is 0.688 bits per heavy atom. The average Bonchev–Trinajstić information content (AvgIpc) is 2.75. The summed E-state index contributed by atoms with van der Waals surface area (Å²) < 4.78 is 57.8. The summed E-state index contributed by atoms with van der Waals surface area (Å²) >= 11 is 0. The minimum atomic E-state index is -1.25. The maximum absolute atomic E-state index is 14.6. The fraction of sp³-hybridized carbons (Fsp3) is 0.440. The Kier molecular flexibility index (Phi) is 9.42. The van der Waals surface area contributed by atoms with Crippen LogP contribution in [0.1, 0.15) is 83.7 Å². The Morgan fingerprint density at radius 2 is 1.09 bits per heavy atom. The van der Waals surface area contributed by atoms with Crippen LogP contribution in [0.3, 0.4) is 0 Å². The van der Waals surface area contributed by atoms with Gasteiger partial charge in [-0.15, -0.1) is 0 Å². The van der Waals surface area contributed by atoms with Gasteiger partial charge in [-0.2, -0.15) is 0 Å². The third-order valence-corrected chi connectivity index (χ3v) is 5.47. The van der Waals surface area contributed by atoms with Gasteiger partial charge >= 0.3 is 0 Å². The second-order valence-corrected chi connectivity index (χ2v) is 7.99. The summed E-state index contributed by atoms with van der Waals surface area (Å²) in [6.07, 6.45) is 6.14. The molecule has 0 unspecified atom stereocenters. The van der Waals surface area contributed by atoms with Gasteiger partial charge in [0.2, 0.25) is 0 Å². The smallest absolute Gasteiger partial charge is 0.266 e. The maximum Gasteiger partial charge on any atom is 0.266 e. The van der Waals surface area contributed by atoms with Crippen LogP contribution in [0, 0.1) is 37.1 Å². The van der Waals surface area contributed by atoms with E-state index in [1.54, 1.807) is 0 Å². The number of halogens is 4. The van der Waals surface area contributed by atoms with E-state index in [4.69, 9.17) is 0 Å². The van der Waals surface area contributed by atoms with Crippen molar-refractivity contribution in [3.05, 3.63) is 69.8 Å². The fourth-order valence-corrected chi connectivity index (χ4v) is 3.50. The van der Waals surface area contributed by atoms with Gasteiger partial charge in [0.15, 0.2) is 0 Å². The van der Waals surface area contributed by atoms with Crippen LogP contribution in [0.15, 0.2) is 24.3 Å². The predicted molar refractivity (Wildman–Crippen MR) is 116 cm³/mol. The molecule has 2 aromatic rings. The second-order valence-electron chi connectivity index (χ2n) is 7.99. The van der Waals surface area contributed by atoms with Gasteiger partial charge in [0.1, 0.15) is 34.4 Å². The van der Waals surface area contributed by atoms with Gasteiger partial charge in [-0.05, 0) is 43.5 Å². The minimum absolute atomic E-state index is 0.0194. The number of imide groups is 1. The second kappa shape index (κ2) is 11.8. The first-order valence-electron chi connectivity index (χ1n) is 11.0. The topological polar surface area (TPSA) is 37.4 Å². The van der Waals surface area contributed by atoms with Gasteiger partial charge in [0.25, 0.3) is 11.8 Å². The molecular formula is C25H29F4NO2. The van der Waals surface area contributed by atoms with Crippen LogP contribution in [-0.2, 0) is 0 Å². The van der Waals surface area contributed by atoms with Crippen molar-refractivity contribution in [2.45, 2.75) is 65.7 Å². The highest BCUT2D eigenvalue weighted by Gasteiger charge is 2.32. The molecule has 0 atom stereocenters. The van der Waals surface area contributed by atoms with Crippen molar-refractivity contribution in [1.82, 2.24) is 4.90 Å². The Morgan fingerprint density at radius 3 is 1.53 bits per heavy atom. The van der Waals surface area contributed by atoms with Crippen LogP contribution < -0.4 is 0 Å². The summed E-state index contributed by atoms with van der Waals surface area (Å²) in [5.74, 6) is -6.98. The minimum Gasteiger partial charge on any atom is -0.274 e. The first-order valence-corrected chi connectivity index (χ1v) is 11.0. The Bertz CT molecular complexity index is 905. The van der Waals surface area contributed by atoms with Crippen molar-refractivity contribution in [2.24, 2.45) is 0 Å². The number of hydrogen-bond donors (Lipinski definition) is 0. The molecule has 0 aliphatic carbocycles. The molecule has 7 heteroatoms. The molecule has 0 bridgehead atoms. The van der Waals surface area contributed by atoms with E-state index in [2.05, 4.69) is 6.92 Å². The number of amides is 2. The molecule has 0 radical (unpaired) electrons. The molecule has 0 fully saturated rings. The first-order chi connectivity index (χ1) is 15.2. The number of nitrogens with zero attached hydrogens (tertiary/aromatic N) is 1. The number of hydrogen-bond acceptors (Lipinski definition) is 2. The van der Waals surface area contributed by atoms with E-state index in [1.165, 1.54) is 26.0 Å². The standard InChI is InChI=1S/C25H29F4NO2/c1-4-5-6-7-8-9-10-15-30(24(31)20-18(26)13-11-16(2)22(20)28)25(32)21-19(27)14-12-17(3)23(21)29/h11-14H,4-10,15H2,1-3H3. The lowest BCUT2D eigenvalue weighted by atomic mass is 10.0. The normalized spacial score (nSPS) is 11.0. The molecule has 0 aromatic heterocycles. The van der Waals surface area contributed by atoms with Crippen LogP contribution in [0.25, 0.3) is 0 Å². The number of benzene rings is 2. The lowest BCUT2D eigenvalue weighted by molar-refractivity contribution is 0.0602. The van der Waals surface area contributed by atoms with E-state index in [1.807, 2.05) is 0 Å². The Balaban J connectivity index is 2.34. The van der Waals surface area contributed by atoms with Crippen molar-refractivity contribution in [3.63, 3.8) is 0 Å². The largest absolute Gasteiger partial charge is 0.274 e. The quantitative estimate of drug-likeness (QED) is 0.224. The number of carbonyl (C=O) groups excluding carboxylic acids is 2. The highest BCUT2D eigenvalue weighted by atomic mass is 19.1. The molecule has 174 valence electrons. The van der Waals surface area contributed by atoms with E-state index in [9.17, 15) is 27.2 Å². The highest BCUT2D eigenvalue weighted by molar-refractivity contribution is 6.10. The van der Waals surface area contributed by atoms with Gasteiger partial charge < -0.3 is 0 Å². The van der Waals surface area contributed by atoms with E-state index >= 15 is 0 Å². The fourth-order valence-electron chi connectivity index (χ4n) is 3.50. The van der Waals surface area contributed by atoms with Crippen LogP contribution in [0.2, 0.25) is 0 Å². The first kappa shape index (κ1) is 25.6. The zero-order valence-electron chi connectivity index (χ0n) is 18.7. The molecule has 2 amide bonds. The molecule has 0 heterocycles. The van der Waals surface area contributed by atoms with Crippen LogP contribution >= 0.6 is 0 Å². The molecule has 0 saturated carbocycles. The number of carbonyl (C=O) groups is 2. The highest BCUT2D eigenvalue weighted by Crippen LogP contribution is 2.23. The van der Waals surface area contributed by atoms with Gasteiger partial charge in [-0.3, -0.25) is 14.5 Å². The number of rotatable bonds is 10. The summed E-state index contributed by atoms with van der Waals surface area (Å²) in [7, 11) is 0. The molecule has 0 aliphatic heterocycles. The lowest BCUT2D eigenvalue weighted by Crippen LogP contribution is -2.39. The van der Waals surface area contributed by atoms with Crippen LogP contribution in [0.4, 0.5) is 17.6 Å². The van der Waals surface area contributed by atoms with Gasteiger partial charge in [0, 0.05) is 6.54 Å². The van der Waals surface area contributed by atoms with Crippen LogP contribution in [0.5, 0.6) is 0 Å². The SMILES string of the molecule is CCCCCCCCCN(C(=O)c1c(F)ccc(C)c1F)C(=O)c1c(F)ccc(C)c1F. The lowest BCUT2D eigenvalue weighted by Gasteiger charge is -2.23. The predicted octanol–water partition coefficient (Wildman–Crippen LogP) is 6.89. The van der Waals surface area contributed by atoms with Crippen molar-refractivity contribution in [2.75, 3.05) is 6.54 Å². The Hall–Kier alpha value is -2.70. The van der Waals surface area contributed by atoms with Crippen molar-refractivity contribution in [3.8, 4) is 0 Å². The number of unbranched alkanes of at least 4 members (excludes halogenated alkanes) is 6. The van der Waals surface area contributed by atoms with Crippen molar-refractivity contribution >= 4 is 11.8 Å². The monoisotopic (exact) mass is 451 g/mol. The van der Waals surface area contributed by atoms with Crippen molar-refractivity contribution < 1.29 is 27.2 Å². The van der Waals surface area contributed by atoms with E-state index < -0.39 is 46.2 Å². The molecule has 0 aliphatic rings. The summed E-state index contributed by atoms with van der Waals surface area (Å²) in [4.78, 5) is 26.6. The molecule has 2 aromatic carbocycles. The summed E-state index contributed by atoms with van der Waals surface area (Å²) in [6, 6.07) is 4.19. The van der Waals surface area contributed by atoms with Crippen molar-refractivity contribution in [1.29, 1.82) is 0 Å². The van der Waals surface area contributed by atoms with Crippen LogP contribution in [-0.4, -0.2) is 23.3 Å². The van der Waals surface area contributed by atoms with Gasteiger partial charge in [0.05, 0.1) is 0 Å². The molecule has 2 rings (SSSR count). The summed E-state index contributed by atoms with van der Waals surface area (Å²) in [5.41, 5.74) is -1.78. The molecule has 0 spiro atoms.